The first-order valence-electron chi connectivity index (χ1n) is 10.1. The molecule has 0 spiro atoms. The number of carbonyl (C=O) groups excluding carboxylic acids is 2. The minimum atomic E-state index is -0.361. The SMILES string of the molecule is CC(=O)Cl.CC(C)(C)C=O.CO.COC(Cl)C(C)(C)C.COC(OC)C(C)(C)C.COOC.[H+]. The van der Waals surface area contributed by atoms with Crippen molar-refractivity contribution in [3.8, 4) is 0 Å². The van der Waals surface area contributed by atoms with Crippen molar-refractivity contribution in [2.75, 3.05) is 42.7 Å². The monoisotopic (exact) mass is 527 g/mol. The van der Waals surface area contributed by atoms with E-state index in [1.807, 2.05) is 41.5 Å². The van der Waals surface area contributed by atoms with Crippen molar-refractivity contribution in [2.45, 2.75) is 81.1 Å². The molecule has 0 bridgehead atoms. The maximum absolute atomic E-state index is 9.83. The van der Waals surface area contributed by atoms with E-state index < -0.39 is 0 Å². The summed E-state index contributed by atoms with van der Waals surface area (Å²) in [5.74, 6) is 0. The van der Waals surface area contributed by atoms with Gasteiger partial charge in [-0.3, -0.25) is 4.79 Å². The van der Waals surface area contributed by atoms with Crippen LogP contribution in [0.4, 0.5) is 0 Å². The smallest absolute Gasteiger partial charge is 0.400 e. The Labute approximate surface area is 215 Å². The number of halogens is 2. The third-order valence-electron chi connectivity index (χ3n) is 2.54. The molecule has 0 aromatic rings. The molecule has 0 aliphatic carbocycles. The predicted molar refractivity (Wildman–Crippen MR) is 139 cm³/mol. The van der Waals surface area contributed by atoms with Gasteiger partial charge in [0.2, 0.25) is 5.24 Å². The van der Waals surface area contributed by atoms with Gasteiger partial charge in [-0.2, -0.15) is 0 Å². The van der Waals surface area contributed by atoms with Gasteiger partial charge in [-0.25, -0.2) is 9.78 Å². The highest BCUT2D eigenvalue weighted by Crippen LogP contribution is 2.24. The maximum Gasteiger partial charge on any atom is 1.00 e. The summed E-state index contributed by atoms with van der Waals surface area (Å²) in [6.07, 6.45) is 0.838. The molecular formula is C23H53Cl2O8+. The van der Waals surface area contributed by atoms with Crippen LogP contribution in [-0.2, 0) is 33.6 Å². The van der Waals surface area contributed by atoms with Crippen LogP contribution in [-0.4, -0.2) is 71.1 Å². The minimum absolute atomic E-state index is 0. The Morgan fingerprint density at radius 3 is 1.03 bits per heavy atom. The first-order chi connectivity index (χ1) is 14.7. The second-order valence-electron chi connectivity index (χ2n) is 9.37. The zero-order chi connectivity index (χ0) is 28.5. The third kappa shape index (κ3) is 59.4. The largest absolute Gasteiger partial charge is 1.00 e. The Bertz CT molecular complexity index is 397. The second kappa shape index (κ2) is 27.9. The molecule has 0 aromatic heterocycles. The molecule has 0 amide bonds. The summed E-state index contributed by atoms with van der Waals surface area (Å²) < 4.78 is 15.0. The zero-order valence-corrected chi connectivity index (χ0v) is 25.3. The number of rotatable bonds is 4. The van der Waals surface area contributed by atoms with Crippen LogP contribution in [0.1, 0.15) is 70.7 Å². The van der Waals surface area contributed by atoms with E-state index in [2.05, 4.69) is 42.1 Å². The van der Waals surface area contributed by atoms with Crippen molar-refractivity contribution < 1.29 is 40.1 Å². The molecule has 0 saturated carbocycles. The van der Waals surface area contributed by atoms with Crippen LogP contribution in [0.25, 0.3) is 0 Å². The van der Waals surface area contributed by atoms with Gasteiger partial charge in [-0.15, -0.1) is 0 Å². The Morgan fingerprint density at radius 1 is 0.788 bits per heavy atom. The van der Waals surface area contributed by atoms with E-state index in [4.69, 9.17) is 30.9 Å². The van der Waals surface area contributed by atoms with Gasteiger partial charge < -0.3 is 24.1 Å². The Hall–Kier alpha value is -0.320. The van der Waals surface area contributed by atoms with Gasteiger partial charge in [-0.1, -0.05) is 73.9 Å². The standard InChI is InChI=1S/C7H16O2.C6H13ClO.C5H10O.C2H3ClO.C2H6O2.CH4O/c1-7(2,3)6(8-4)9-5;1-6(2,3)5(7)8-4;1-5(2,3)4-6;1-2(3)4;1-3-4-2;1-2/h6H,1-5H3;5H,1-4H3;4H,1-3H3;1H3;1-2H3;2H,1H3/p+1. The van der Waals surface area contributed by atoms with Crippen LogP contribution in [0.3, 0.4) is 0 Å². The van der Waals surface area contributed by atoms with E-state index in [9.17, 15) is 9.59 Å². The first-order valence-corrected chi connectivity index (χ1v) is 10.9. The van der Waals surface area contributed by atoms with Gasteiger partial charge >= 0.3 is 1.43 Å². The lowest BCUT2D eigenvalue weighted by Crippen LogP contribution is -2.29. The lowest BCUT2D eigenvalue weighted by atomic mass is 9.96. The molecule has 1 atom stereocenters. The van der Waals surface area contributed by atoms with Crippen LogP contribution in [0.2, 0.25) is 0 Å². The number of methoxy groups -OCH3 is 3. The lowest BCUT2D eigenvalue weighted by molar-refractivity contribution is -0.248. The molecule has 0 heterocycles. The average molecular weight is 529 g/mol. The third-order valence-corrected chi connectivity index (χ3v) is 3.38. The summed E-state index contributed by atoms with van der Waals surface area (Å²) in [4.78, 5) is 27.1. The van der Waals surface area contributed by atoms with E-state index in [1.165, 1.54) is 21.1 Å². The summed E-state index contributed by atoms with van der Waals surface area (Å²) in [6, 6.07) is 0. The van der Waals surface area contributed by atoms with Crippen LogP contribution < -0.4 is 0 Å². The number of hydrogen-bond acceptors (Lipinski definition) is 8. The van der Waals surface area contributed by atoms with Gasteiger partial charge in [0.1, 0.15) is 11.8 Å². The molecule has 0 aromatic carbocycles. The molecule has 33 heavy (non-hydrogen) atoms. The molecule has 0 aliphatic rings. The quantitative estimate of drug-likeness (QED) is 0.122. The molecular weight excluding hydrogens is 475 g/mol. The van der Waals surface area contributed by atoms with Crippen molar-refractivity contribution >= 4 is 34.7 Å². The Morgan fingerprint density at radius 2 is 1.03 bits per heavy atom. The molecule has 1 N–H and O–H groups in total. The van der Waals surface area contributed by atoms with Gasteiger partial charge in [-0.05, 0) is 11.6 Å². The van der Waals surface area contributed by atoms with Crippen LogP contribution in [0.5, 0.6) is 0 Å². The van der Waals surface area contributed by atoms with Crippen molar-refractivity contribution in [1.82, 2.24) is 0 Å². The number of aliphatic hydroxyl groups is 1. The van der Waals surface area contributed by atoms with Gasteiger partial charge in [0.15, 0.2) is 6.29 Å². The summed E-state index contributed by atoms with van der Waals surface area (Å²) in [5, 5.41) is 6.64. The molecule has 10 heteroatoms. The Balaban J connectivity index is -0.0000000539. The summed E-state index contributed by atoms with van der Waals surface area (Å²) >= 11 is 10.4. The van der Waals surface area contributed by atoms with Gasteiger partial charge in [0.25, 0.3) is 0 Å². The molecule has 0 rings (SSSR count). The van der Waals surface area contributed by atoms with Crippen LogP contribution in [0, 0.1) is 16.2 Å². The normalized spacial score (nSPS) is 11.3. The molecule has 206 valence electrons. The van der Waals surface area contributed by atoms with E-state index in [0.717, 1.165) is 13.4 Å². The van der Waals surface area contributed by atoms with Crippen LogP contribution in [0.15, 0.2) is 0 Å². The van der Waals surface area contributed by atoms with Crippen LogP contribution >= 0.6 is 23.2 Å². The Kier molecular flexibility index (Phi) is 39.0. The van der Waals surface area contributed by atoms with E-state index >= 15 is 0 Å². The predicted octanol–water partition coefficient (Wildman–Crippen LogP) is 5.81. The molecule has 8 nitrogen and oxygen atoms in total. The summed E-state index contributed by atoms with van der Waals surface area (Å²) in [7, 11) is 8.84. The highest BCUT2D eigenvalue weighted by atomic mass is 35.5. The van der Waals surface area contributed by atoms with Crippen molar-refractivity contribution in [1.29, 1.82) is 0 Å². The molecule has 0 radical (unpaired) electrons. The number of alkyl halides is 1. The zero-order valence-electron chi connectivity index (χ0n) is 24.8. The van der Waals surface area contributed by atoms with Crippen molar-refractivity contribution in [3.63, 3.8) is 0 Å². The first kappa shape index (κ1) is 46.1. The maximum atomic E-state index is 9.83. The van der Waals surface area contributed by atoms with Crippen molar-refractivity contribution in [2.24, 2.45) is 16.2 Å². The van der Waals surface area contributed by atoms with Gasteiger partial charge in [0, 0.05) is 51.6 Å². The molecule has 0 fully saturated rings. The van der Waals surface area contributed by atoms with E-state index in [-0.39, 0.29) is 34.8 Å². The number of ether oxygens (including phenoxy) is 3. The molecule has 0 saturated heterocycles. The fourth-order valence-corrected chi connectivity index (χ4v) is 1.16. The lowest BCUT2D eigenvalue weighted by Gasteiger charge is -2.27. The molecule has 0 aliphatic heterocycles. The highest BCUT2D eigenvalue weighted by molar-refractivity contribution is 6.62. The fraction of sp³-hybridized carbons (Fsp3) is 0.913. The number of hydrogen-bond donors (Lipinski definition) is 1. The van der Waals surface area contributed by atoms with E-state index in [1.54, 1.807) is 21.3 Å². The fourth-order valence-electron chi connectivity index (χ4n) is 1.16. The number of aldehydes is 1. The average Bonchev–Trinajstić information content (AvgIpc) is 2.68. The number of aliphatic hydroxyl groups excluding tert-OH is 1. The van der Waals surface area contributed by atoms with E-state index in [0.29, 0.717) is 0 Å². The highest BCUT2D eigenvalue weighted by Gasteiger charge is 2.23. The summed E-state index contributed by atoms with van der Waals surface area (Å²) in [5.41, 5.74) is -0.192. The second-order valence-corrected chi connectivity index (χ2v) is 10.3. The van der Waals surface area contributed by atoms with Crippen molar-refractivity contribution in [3.05, 3.63) is 0 Å². The molecule has 1 unspecified atom stereocenters. The summed E-state index contributed by atoms with van der Waals surface area (Å²) in [6.45, 7) is 19.2. The van der Waals surface area contributed by atoms with Gasteiger partial charge in [0.05, 0.1) is 14.2 Å². The minimum Gasteiger partial charge on any atom is -0.400 e. The number of carbonyl (C=O) groups is 2. The topological polar surface area (TPSA) is 101 Å².